The Morgan fingerprint density at radius 1 is 1.11 bits per heavy atom. The van der Waals surface area contributed by atoms with Gasteiger partial charge in [0.05, 0.1) is 12.1 Å². The summed E-state index contributed by atoms with van der Waals surface area (Å²) in [6.45, 7) is 1.95. The molecule has 0 fully saturated rings. The van der Waals surface area contributed by atoms with Crippen LogP contribution in [0.3, 0.4) is 0 Å². The molecule has 7 heteroatoms. The highest BCUT2D eigenvalue weighted by Crippen LogP contribution is 2.24. The fourth-order valence-corrected chi connectivity index (χ4v) is 3.26. The molecule has 5 nitrogen and oxygen atoms in total. The van der Waals surface area contributed by atoms with E-state index in [-0.39, 0.29) is 18.1 Å². The number of rotatable bonds is 5. The summed E-state index contributed by atoms with van der Waals surface area (Å²) >= 11 is 1.37. The van der Waals surface area contributed by atoms with Crippen molar-refractivity contribution in [2.75, 3.05) is 0 Å². The standard InChI is InChI=1S/C21H18FN3O2S/c1-14-4-2-3-5-15(14)8-11-19(26)24-25-20(27)12-18-13-28-21(23-18)16-6-9-17(22)10-7-16/h2-11,13H,12H2,1H3,(H,24,26)(H,25,27)/b11-8+. The van der Waals surface area contributed by atoms with E-state index in [0.29, 0.717) is 10.7 Å². The minimum atomic E-state index is -0.429. The first-order chi connectivity index (χ1) is 13.5. The lowest BCUT2D eigenvalue weighted by atomic mass is 10.1. The van der Waals surface area contributed by atoms with Crippen LogP contribution in [0.5, 0.6) is 0 Å². The normalized spacial score (nSPS) is 10.8. The van der Waals surface area contributed by atoms with Crippen molar-refractivity contribution < 1.29 is 14.0 Å². The quantitative estimate of drug-likeness (QED) is 0.512. The minimum Gasteiger partial charge on any atom is -0.273 e. The maximum atomic E-state index is 13.0. The fourth-order valence-electron chi connectivity index (χ4n) is 2.43. The lowest BCUT2D eigenvalue weighted by Crippen LogP contribution is -2.41. The smallest absolute Gasteiger partial charge is 0.262 e. The maximum Gasteiger partial charge on any atom is 0.262 e. The summed E-state index contributed by atoms with van der Waals surface area (Å²) in [6.07, 6.45) is 3.07. The summed E-state index contributed by atoms with van der Waals surface area (Å²) in [5.41, 5.74) is 8.05. The van der Waals surface area contributed by atoms with Crippen molar-refractivity contribution in [2.24, 2.45) is 0 Å². The second-order valence-electron chi connectivity index (χ2n) is 6.06. The van der Waals surface area contributed by atoms with Crippen LogP contribution in [0.2, 0.25) is 0 Å². The van der Waals surface area contributed by atoms with E-state index in [1.807, 2.05) is 31.2 Å². The number of carbonyl (C=O) groups is 2. The predicted octanol–water partition coefficient (Wildman–Crippen LogP) is 3.66. The van der Waals surface area contributed by atoms with Gasteiger partial charge in [-0.15, -0.1) is 11.3 Å². The van der Waals surface area contributed by atoms with Crippen molar-refractivity contribution in [3.63, 3.8) is 0 Å². The lowest BCUT2D eigenvalue weighted by Gasteiger charge is -2.04. The van der Waals surface area contributed by atoms with Gasteiger partial charge in [-0.2, -0.15) is 0 Å². The largest absolute Gasteiger partial charge is 0.273 e. The molecular weight excluding hydrogens is 377 g/mol. The summed E-state index contributed by atoms with van der Waals surface area (Å²) in [4.78, 5) is 28.2. The van der Waals surface area contributed by atoms with Gasteiger partial charge >= 0.3 is 0 Å². The molecule has 0 spiro atoms. The van der Waals surface area contributed by atoms with Gasteiger partial charge in [-0.3, -0.25) is 20.4 Å². The van der Waals surface area contributed by atoms with Crippen LogP contribution in [-0.2, 0) is 16.0 Å². The summed E-state index contributed by atoms with van der Waals surface area (Å²) in [6, 6.07) is 13.7. The zero-order valence-corrected chi connectivity index (χ0v) is 15.9. The predicted molar refractivity (Wildman–Crippen MR) is 108 cm³/mol. The van der Waals surface area contributed by atoms with Crippen molar-refractivity contribution in [3.8, 4) is 10.6 Å². The highest BCUT2D eigenvalue weighted by molar-refractivity contribution is 7.13. The van der Waals surface area contributed by atoms with Gasteiger partial charge in [-0.25, -0.2) is 9.37 Å². The number of hydrogen-bond acceptors (Lipinski definition) is 4. The summed E-state index contributed by atoms with van der Waals surface area (Å²) < 4.78 is 13.0. The molecule has 0 saturated heterocycles. The van der Waals surface area contributed by atoms with Gasteiger partial charge in [0.25, 0.3) is 5.91 Å². The number of halogens is 1. The van der Waals surface area contributed by atoms with E-state index in [1.54, 1.807) is 23.6 Å². The number of hydrazine groups is 1. The van der Waals surface area contributed by atoms with Gasteiger partial charge in [0.1, 0.15) is 10.8 Å². The Hall–Kier alpha value is -3.32. The average molecular weight is 395 g/mol. The van der Waals surface area contributed by atoms with Crippen molar-refractivity contribution in [2.45, 2.75) is 13.3 Å². The third kappa shape index (κ3) is 5.34. The third-order valence-corrected chi connectivity index (χ3v) is 4.85. The number of amides is 2. The Bertz CT molecular complexity index is 1010. The number of nitrogens with one attached hydrogen (secondary N) is 2. The van der Waals surface area contributed by atoms with E-state index < -0.39 is 5.91 Å². The van der Waals surface area contributed by atoms with E-state index in [1.165, 1.54) is 29.5 Å². The molecule has 2 N–H and O–H groups in total. The molecule has 142 valence electrons. The molecule has 0 unspecified atom stereocenters. The van der Waals surface area contributed by atoms with Crippen LogP contribution in [0.1, 0.15) is 16.8 Å². The first-order valence-corrected chi connectivity index (χ1v) is 9.42. The van der Waals surface area contributed by atoms with Gasteiger partial charge in [0.15, 0.2) is 0 Å². The molecule has 1 aromatic heterocycles. The lowest BCUT2D eigenvalue weighted by molar-refractivity contribution is -0.126. The van der Waals surface area contributed by atoms with Crippen LogP contribution in [0.4, 0.5) is 4.39 Å². The van der Waals surface area contributed by atoms with E-state index >= 15 is 0 Å². The number of nitrogens with zero attached hydrogens (tertiary/aromatic N) is 1. The van der Waals surface area contributed by atoms with E-state index in [4.69, 9.17) is 0 Å². The zero-order chi connectivity index (χ0) is 19.9. The van der Waals surface area contributed by atoms with Crippen molar-refractivity contribution in [3.05, 3.63) is 82.6 Å². The molecule has 0 bridgehead atoms. The summed E-state index contributed by atoms with van der Waals surface area (Å²) in [7, 11) is 0. The number of aromatic nitrogens is 1. The summed E-state index contributed by atoms with van der Waals surface area (Å²) in [5.74, 6) is -1.12. The molecule has 2 aromatic carbocycles. The number of thiazole rings is 1. The first kappa shape index (κ1) is 19.4. The number of benzene rings is 2. The van der Waals surface area contributed by atoms with E-state index in [0.717, 1.165) is 16.7 Å². The Morgan fingerprint density at radius 3 is 2.61 bits per heavy atom. The highest BCUT2D eigenvalue weighted by atomic mass is 32.1. The SMILES string of the molecule is Cc1ccccc1/C=C/C(=O)NNC(=O)Cc1csc(-c2ccc(F)cc2)n1. The Morgan fingerprint density at radius 2 is 1.86 bits per heavy atom. The van der Waals surface area contributed by atoms with Gasteiger partial charge in [-0.1, -0.05) is 24.3 Å². The van der Waals surface area contributed by atoms with Crippen LogP contribution in [0.25, 0.3) is 16.6 Å². The van der Waals surface area contributed by atoms with Crippen LogP contribution < -0.4 is 10.9 Å². The molecule has 0 aliphatic heterocycles. The van der Waals surface area contributed by atoms with Crippen molar-refractivity contribution >= 4 is 29.2 Å². The average Bonchev–Trinajstić information content (AvgIpc) is 3.14. The third-order valence-electron chi connectivity index (χ3n) is 3.91. The Balaban J connectivity index is 1.50. The fraction of sp³-hybridized carbons (Fsp3) is 0.0952. The molecule has 3 rings (SSSR count). The molecule has 2 amide bonds. The molecule has 1 heterocycles. The van der Waals surface area contributed by atoms with E-state index in [2.05, 4.69) is 15.8 Å². The number of carbonyl (C=O) groups excluding carboxylic acids is 2. The van der Waals surface area contributed by atoms with Crippen LogP contribution in [0, 0.1) is 12.7 Å². The van der Waals surface area contributed by atoms with Gasteiger partial charge in [0.2, 0.25) is 5.91 Å². The topological polar surface area (TPSA) is 71.1 Å². The molecule has 0 radical (unpaired) electrons. The number of aryl methyl sites for hydroxylation is 1. The Kier molecular flexibility index (Phi) is 6.29. The van der Waals surface area contributed by atoms with Gasteiger partial charge < -0.3 is 0 Å². The van der Waals surface area contributed by atoms with Crippen LogP contribution in [-0.4, -0.2) is 16.8 Å². The Labute approximate surface area is 165 Å². The molecule has 0 atom stereocenters. The van der Waals surface area contributed by atoms with Gasteiger partial charge in [-0.05, 0) is 48.4 Å². The molecule has 0 aliphatic carbocycles. The molecule has 0 saturated carbocycles. The summed E-state index contributed by atoms with van der Waals surface area (Å²) in [5, 5.41) is 2.46. The molecule has 28 heavy (non-hydrogen) atoms. The second kappa shape index (κ2) is 9.05. The first-order valence-electron chi connectivity index (χ1n) is 8.54. The van der Waals surface area contributed by atoms with Crippen LogP contribution in [0.15, 0.2) is 60.0 Å². The molecule has 3 aromatic rings. The minimum absolute atomic E-state index is 0.0273. The second-order valence-corrected chi connectivity index (χ2v) is 6.91. The maximum absolute atomic E-state index is 13.0. The molecule has 0 aliphatic rings. The highest BCUT2D eigenvalue weighted by Gasteiger charge is 2.09. The molecular formula is C21H18FN3O2S. The van der Waals surface area contributed by atoms with Crippen LogP contribution >= 0.6 is 11.3 Å². The van der Waals surface area contributed by atoms with Crippen molar-refractivity contribution in [1.29, 1.82) is 0 Å². The van der Waals surface area contributed by atoms with E-state index in [9.17, 15) is 14.0 Å². The monoisotopic (exact) mass is 395 g/mol. The zero-order valence-electron chi connectivity index (χ0n) is 15.1. The van der Waals surface area contributed by atoms with Crippen molar-refractivity contribution in [1.82, 2.24) is 15.8 Å². The number of hydrogen-bond donors (Lipinski definition) is 2. The van der Waals surface area contributed by atoms with Gasteiger partial charge in [0, 0.05) is 17.0 Å².